The second-order valence-corrected chi connectivity index (χ2v) is 7.86. The predicted molar refractivity (Wildman–Crippen MR) is 108 cm³/mol. The van der Waals surface area contributed by atoms with Gasteiger partial charge in [-0.05, 0) is 11.8 Å². The van der Waals surface area contributed by atoms with Crippen LogP contribution >= 0.6 is 0 Å². The van der Waals surface area contributed by atoms with Gasteiger partial charge in [0.05, 0.1) is 0 Å². The fourth-order valence-corrected chi connectivity index (χ4v) is 3.99. The highest BCUT2D eigenvalue weighted by Gasteiger charge is 2.19. The molecular formula is C23H48. The molecule has 0 rings (SSSR count). The molecular weight excluding hydrogens is 276 g/mol. The molecule has 0 saturated carbocycles. The zero-order chi connectivity index (χ0) is 17.2. The third-order valence-electron chi connectivity index (χ3n) is 5.63. The van der Waals surface area contributed by atoms with Crippen molar-refractivity contribution in [2.24, 2.45) is 11.8 Å². The maximum absolute atomic E-state index is 2.36. The Labute approximate surface area is 149 Å². The van der Waals surface area contributed by atoms with E-state index in [0.717, 1.165) is 11.8 Å². The fraction of sp³-hybridized carbons (Fsp3) is 1.00. The van der Waals surface area contributed by atoms with Crippen molar-refractivity contribution in [3.63, 3.8) is 0 Å². The molecule has 0 aliphatic rings. The summed E-state index contributed by atoms with van der Waals surface area (Å²) in [6.07, 6.45) is 24.7. The molecule has 0 saturated heterocycles. The van der Waals surface area contributed by atoms with Crippen LogP contribution in [0.3, 0.4) is 0 Å². The summed E-state index contributed by atoms with van der Waals surface area (Å²) >= 11 is 0. The lowest BCUT2D eigenvalue weighted by Crippen LogP contribution is -2.16. The average molecular weight is 325 g/mol. The normalized spacial score (nSPS) is 12.9. The Balaban J connectivity index is 4.15. The maximum atomic E-state index is 2.36. The quantitative estimate of drug-likeness (QED) is 0.221. The van der Waals surface area contributed by atoms with Crippen molar-refractivity contribution < 1.29 is 0 Å². The second-order valence-electron chi connectivity index (χ2n) is 7.86. The molecule has 23 heavy (non-hydrogen) atoms. The summed E-state index contributed by atoms with van der Waals surface area (Å²) in [5.41, 5.74) is 0. The van der Waals surface area contributed by atoms with E-state index in [9.17, 15) is 0 Å². The van der Waals surface area contributed by atoms with E-state index in [-0.39, 0.29) is 0 Å². The van der Waals surface area contributed by atoms with Crippen molar-refractivity contribution in [1.29, 1.82) is 0 Å². The first-order valence-electron chi connectivity index (χ1n) is 11.3. The van der Waals surface area contributed by atoms with Crippen LogP contribution in [-0.2, 0) is 0 Å². The number of hydrogen-bond acceptors (Lipinski definition) is 0. The van der Waals surface area contributed by atoms with Crippen molar-refractivity contribution in [1.82, 2.24) is 0 Å². The number of hydrogen-bond donors (Lipinski definition) is 0. The van der Waals surface area contributed by atoms with Crippen molar-refractivity contribution in [3.8, 4) is 0 Å². The molecule has 0 heteroatoms. The van der Waals surface area contributed by atoms with Crippen molar-refractivity contribution in [2.75, 3.05) is 0 Å². The molecule has 0 radical (unpaired) electrons. The van der Waals surface area contributed by atoms with Gasteiger partial charge in [0.15, 0.2) is 0 Å². The second kappa shape index (κ2) is 18.3. The van der Waals surface area contributed by atoms with Crippen LogP contribution in [0.2, 0.25) is 0 Å². The highest BCUT2D eigenvalue weighted by atomic mass is 14.3. The molecule has 0 aliphatic heterocycles. The molecule has 0 heterocycles. The highest BCUT2D eigenvalue weighted by molar-refractivity contribution is 4.71. The van der Waals surface area contributed by atoms with Crippen LogP contribution in [0.1, 0.15) is 137 Å². The first-order chi connectivity index (χ1) is 11.3. The summed E-state index contributed by atoms with van der Waals surface area (Å²) in [4.78, 5) is 0. The molecule has 0 amide bonds. The van der Waals surface area contributed by atoms with Crippen molar-refractivity contribution in [3.05, 3.63) is 0 Å². The van der Waals surface area contributed by atoms with E-state index in [2.05, 4.69) is 27.7 Å². The van der Waals surface area contributed by atoms with Gasteiger partial charge in [0, 0.05) is 0 Å². The minimum absolute atomic E-state index is 1.03. The van der Waals surface area contributed by atoms with E-state index in [4.69, 9.17) is 0 Å². The largest absolute Gasteiger partial charge is 0.0654 e. The number of rotatable bonds is 18. The summed E-state index contributed by atoms with van der Waals surface area (Å²) in [6, 6.07) is 0. The molecule has 0 nitrogen and oxygen atoms in total. The monoisotopic (exact) mass is 324 g/mol. The lowest BCUT2D eigenvalue weighted by atomic mass is 9.78. The molecule has 0 bridgehead atoms. The van der Waals surface area contributed by atoms with Gasteiger partial charge in [-0.15, -0.1) is 0 Å². The van der Waals surface area contributed by atoms with Gasteiger partial charge < -0.3 is 0 Å². The molecule has 140 valence electrons. The number of unbranched alkanes of at least 4 members (excludes halogenated alkanes) is 9. The van der Waals surface area contributed by atoms with Crippen LogP contribution in [0.15, 0.2) is 0 Å². The average Bonchev–Trinajstić information content (AvgIpc) is 2.57. The molecule has 0 N–H and O–H groups in total. The Morgan fingerprint density at radius 3 is 1.04 bits per heavy atom. The Hall–Kier alpha value is 0. The molecule has 1 unspecified atom stereocenters. The summed E-state index contributed by atoms with van der Waals surface area (Å²) in [7, 11) is 0. The fourth-order valence-electron chi connectivity index (χ4n) is 3.99. The van der Waals surface area contributed by atoms with Gasteiger partial charge in [-0.3, -0.25) is 0 Å². The van der Waals surface area contributed by atoms with Crippen LogP contribution in [0, 0.1) is 11.8 Å². The Morgan fingerprint density at radius 1 is 0.348 bits per heavy atom. The third kappa shape index (κ3) is 14.1. The van der Waals surface area contributed by atoms with Gasteiger partial charge in [0.25, 0.3) is 0 Å². The topological polar surface area (TPSA) is 0 Å². The molecule has 0 fully saturated rings. The van der Waals surface area contributed by atoms with Gasteiger partial charge in [-0.2, -0.15) is 0 Å². The Morgan fingerprint density at radius 2 is 0.652 bits per heavy atom. The first-order valence-corrected chi connectivity index (χ1v) is 11.3. The van der Waals surface area contributed by atoms with E-state index in [1.807, 2.05) is 0 Å². The molecule has 0 aromatic heterocycles. The van der Waals surface area contributed by atoms with E-state index in [1.165, 1.54) is 109 Å². The van der Waals surface area contributed by atoms with Gasteiger partial charge in [0.2, 0.25) is 0 Å². The molecule has 0 aromatic carbocycles. The summed E-state index contributed by atoms with van der Waals surface area (Å²) in [5, 5.41) is 0. The smallest absolute Gasteiger partial charge is 0.0386 e. The molecule has 1 atom stereocenters. The van der Waals surface area contributed by atoms with Gasteiger partial charge in [-0.25, -0.2) is 0 Å². The van der Waals surface area contributed by atoms with Gasteiger partial charge >= 0.3 is 0 Å². The van der Waals surface area contributed by atoms with E-state index in [0.29, 0.717) is 0 Å². The zero-order valence-electron chi connectivity index (χ0n) is 17.2. The minimum Gasteiger partial charge on any atom is -0.0654 e. The first kappa shape index (κ1) is 23.0. The van der Waals surface area contributed by atoms with Crippen LogP contribution in [0.25, 0.3) is 0 Å². The highest BCUT2D eigenvalue weighted by Crippen LogP contribution is 2.32. The molecule has 0 aliphatic carbocycles. The maximum Gasteiger partial charge on any atom is -0.0386 e. The lowest BCUT2D eigenvalue weighted by molar-refractivity contribution is 0.241. The standard InChI is InChI=1S/C23H48/c1-5-9-13-14-15-16-17-21-23(20-12-8-4)22(18-10-6-2)19-11-7-3/h22-23H,5-21H2,1-4H3. The Kier molecular flexibility index (Phi) is 18.3. The molecule has 0 spiro atoms. The van der Waals surface area contributed by atoms with Crippen molar-refractivity contribution in [2.45, 2.75) is 137 Å². The van der Waals surface area contributed by atoms with Crippen LogP contribution in [0.4, 0.5) is 0 Å². The third-order valence-corrected chi connectivity index (χ3v) is 5.63. The van der Waals surface area contributed by atoms with E-state index < -0.39 is 0 Å². The van der Waals surface area contributed by atoms with Crippen LogP contribution < -0.4 is 0 Å². The van der Waals surface area contributed by atoms with Crippen molar-refractivity contribution >= 4 is 0 Å². The van der Waals surface area contributed by atoms with Gasteiger partial charge in [0.1, 0.15) is 0 Å². The summed E-state index contributed by atoms with van der Waals surface area (Å²) < 4.78 is 0. The SMILES string of the molecule is CCCCCCCCCC(CCCC)C(CCCC)CCCC. The summed E-state index contributed by atoms with van der Waals surface area (Å²) in [5.74, 6) is 2.06. The predicted octanol–water partition coefficient (Wildman–Crippen LogP) is 8.93. The van der Waals surface area contributed by atoms with Crippen LogP contribution in [0.5, 0.6) is 0 Å². The van der Waals surface area contributed by atoms with E-state index in [1.54, 1.807) is 0 Å². The zero-order valence-corrected chi connectivity index (χ0v) is 17.2. The van der Waals surface area contributed by atoms with Gasteiger partial charge in [-0.1, -0.05) is 137 Å². The molecule has 0 aromatic rings. The van der Waals surface area contributed by atoms with E-state index >= 15 is 0 Å². The Bertz CT molecular complexity index is 200. The minimum atomic E-state index is 1.03. The summed E-state index contributed by atoms with van der Waals surface area (Å²) in [6.45, 7) is 9.38. The lowest BCUT2D eigenvalue weighted by Gasteiger charge is -2.27. The van der Waals surface area contributed by atoms with Crippen LogP contribution in [-0.4, -0.2) is 0 Å².